The van der Waals surface area contributed by atoms with E-state index in [1.54, 1.807) is 13.1 Å². The van der Waals surface area contributed by atoms with Gasteiger partial charge in [-0.25, -0.2) is 4.98 Å². The average Bonchev–Trinajstić information content (AvgIpc) is 3.41. The Balaban J connectivity index is 1.23. The number of carbonyl (C=O) groups is 2. The lowest BCUT2D eigenvalue weighted by Gasteiger charge is -2.17. The topological polar surface area (TPSA) is 87.5 Å². The first-order valence-electron chi connectivity index (χ1n) is 10.4. The van der Waals surface area contributed by atoms with Crippen molar-refractivity contribution >= 4 is 17.5 Å². The molecule has 0 spiro atoms. The third-order valence-corrected chi connectivity index (χ3v) is 5.57. The molecule has 1 fully saturated rings. The Kier molecular flexibility index (Phi) is 6.09. The fourth-order valence-electron chi connectivity index (χ4n) is 3.90. The number of imidazole rings is 1. The Labute approximate surface area is 175 Å². The summed E-state index contributed by atoms with van der Waals surface area (Å²) in [5.41, 5.74) is 3.11. The van der Waals surface area contributed by atoms with Gasteiger partial charge < -0.3 is 20.4 Å². The Morgan fingerprint density at radius 2 is 2.03 bits per heavy atom. The third kappa shape index (κ3) is 4.86. The quantitative estimate of drug-likeness (QED) is 0.558. The van der Waals surface area contributed by atoms with E-state index in [1.807, 2.05) is 47.1 Å². The number of amides is 2. The predicted octanol–water partition coefficient (Wildman–Crippen LogP) is 1.68. The first-order valence-corrected chi connectivity index (χ1v) is 10.4. The molecule has 1 unspecified atom stereocenters. The van der Waals surface area contributed by atoms with Crippen LogP contribution < -0.4 is 16.0 Å². The van der Waals surface area contributed by atoms with Crippen LogP contribution in [0.3, 0.4) is 0 Å². The summed E-state index contributed by atoms with van der Waals surface area (Å²) in [5, 5.41) is 9.02. The Morgan fingerprint density at radius 3 is 2.87 bits per heavy atom. The number of carbonyl (C=O) groups excluding carboxylic acids is 2. The fraction of sp³-hybridized carbons (Fsp3) is 0.348. The van der Waals surface area contributed by atoms with Crippen molar-refractivity contribution in [3.8, 4) is 0 Å². The van der Waals surface area contributed by atoms with E-state index in [0.717, 1.165) is 30.6 Å². The van der Waals surface area contributed by atoms with Crippen LogP contribution in [0.1, 0.15) is 24.5 Å². The number of rotatable bonds is 7. The van der Waals surface area contributed by atoms with E-state index in [9.17, 15) is 9.59 Å². The number of nitrogens with one attached hydrogen (secondary N) is 3. The van der Waals surface area contributed by atoms with E-state index in [4.69, 9.17) is 0 Å². The summed E-state index contributed by atoms with van der Waals surface area (Å²) in [6, 6.07) is 13.3. The molecule has 3 N–H and O–H groups in total. The van der Waals surface area contributed by atoms with Gasteiger partial charge in [-0.2, -0.15) is 0 Å². The maximum atomic E-state index is 12.6. The van der Waals surface area contributed by atoms with Gasteiger partial charge in [-0.1, -0.05) is 36.4 Å². The van der Waals surface area contributed by atoms with Gasteiger partial charge in [0, 0.05) is 25.1 Å². The molecular formula is C23H27N5O2. The van der Waals surface area contributed by atoms with Crippen molar-refractivity contribution in [2.75, 3.05) is 6.54 Å². The van der Waals surface area contributed by atoms with Gasteiger partial charge in [0.15, 0.2) is 0 Å². The van der Waals surface area contributed by atoms with Crippen molar-refractivity contribution in [2.45, 2.75) is 38.4 Å². The van der Waals surface area contributed by atoms with Crippen molar-refractivity contribution in [1.82, 2.24) is 25.3 Å². The molecule has 30 heavy (non-hydrogen) atoms. The van der Waals surface area contributed by atoms with Crippen molar-refractivity contribution in [3.05, 3.63) is 72.2 Å². The summed E-state index contributed by atoms with van der Waals surface area (Å²) in [5.74, 6) is 0.103. The molecule has 0 aliphatic carbocycles. The fourth-order valence-corrected chi connectivity index (χ4v) is 3.90. The van der Waals surface area contributed by atoms with Gasteiger partial charge >= 0.3 is 0 Å². The van der Waals surface area contributed by atoms with E-state index >= 15 is 0 Å². The van der Waals surface area contributed by atoms with Crippen LogP contribution in [0.5, 0.6) is 0 Å². The average molecular weight is 406 g/mol. The third-order valence-electron chi connectivity index (χ3n) is 5.57. The number of pyridine rings is 1. The summed E-state index contributed by atoms with van der Waals surface area (Å²) >= 11 is 0. The lowest BCUT2D eigenvalue weighted by atomic mass is 9.96. The molecule has 1 aliphatic rings. The largest absolute Gasteiger partial charge is 0.350 e. The highest BCUT2D eigenvalue weighted by Gasteiger charge is 2.30. The molecule has 7 nitrogen and oxygen atoms in total. The second-order valence-electron chi connectivity index (χ2n) is 7.93. The standard InChI is InChI=1S/C23H27N5O2/c1-16(22(29)26-13-18-7-8-21-24-9-10-28(21)15-18)27-23(30)20-12-19(14-25-20)11-17-5-3-2-4-6-17/h2-10,15-16,19-20,25H,11-14H2,1H3,(H,26,29)(H,27,30)/t16?,19-,20+/m0/s1. The van der Waals surface area contributed by atoms with Crippen LogP contribution >= 0.6 is 0 Å². The number of fused-ring (bicyclic) bond motifs is 1. The van der Waals surface area contributed by atoms with Crippen LogP contribution in [0.15, 0.2) is 61.1 Å². The van der Waals surface area contributed by atoms with Gasteiger partial charge in [-0.3, -0.25) is 9.59 Å². The highest BCUT2D eigenvalue weighted by molar-refractivity contribution is 5.89. The molecule has 7 heteroatoms. The molecular weight excluding hydrogens is 378 g/mol. The molecule has 0 radical (unpaired) electrons. The van der Waals surface area contributed by atoms with Gasteiger partial charge in [-0.15, -0.1) is 0 Å². The normalized spacial score (nSPS) is 19.5. The molecule has 3 atom stereocenters. The number of hydrogen-bond acceptors (Lipinski definition) is 4. The van der Waals surface area contributed by atoms with Crippen LogP contribution in [0.4, 0.5) is 0 Å². The van der Waals surface area contributed by atoms with Crippen LogP contribution in [0, 0.1) is 5.92 Å². The molecule has 3 aromatic rings. The molecule has 1 aromatic carbocycles. The lowest BCUT2D eigenvalue weighted by molar-refractivity contribution is -0.129. The molecule has 0 bridgehead atoms. The summed E-state index contributed by atoms with van der Waals surface area (Å²) in [4.78, 5) is 29.2. The zero-order valence-electron chi connectivity index (χ0n) is 17.0. The molecule has 4 rings (SSSR count). The molecule has 2 aromatic heterocycles. The maximum absolute atomic E-state index is 12.6. The smallest absolute Gasteiger partial charge is 0.242 e. The Morgan fingerprint density at radius 1 is 1.20 bits per heavy atom. The van der Waals surface area contributed by atoms with Crippen molar-refractivity contribution in [3.63, 3.8) is 0 Å². The SMILES string of the molecule is CC(NC(=O)[C@H]1C[C@H](Cc2ccccc2)CN1)C(=O)NCc1ccc2nccn2c1. The number of hydrogen-bond donors (Lipinski definition) is 3. The van der Waals surface area contributed by atoms with E-state index < -0.39 is 6.04 Å². The first-order chi connectivity index (χ1) is 14.6. The van der Waals surface area contributed by atoms with Crippen LogP contribution in [0.2, 0.25) is 0 Å². The highest BCUT2D eigenvalue weighted by Crippen LogP contribution is 2.19. The van der Waals surface area contributed by atoms with Crippen molar-refractivity contribution in [2.24, 2.45) is 5.92 Å². The van der Waals surface area contributed by atoms with E-state index in [2.05, 4.69) is 33.1 Å². The summed E-state index contributed by atoms with van der Waals surface area (Å²) in [7, 11) is 0. The molecule has 1 aliphatic heterocycles. The first kappa shape index (κ1) is 20.1. The van der Waals surface area contributed by atoms with Gasteiger partial charge in [0.05, 0.1) is 6.04 Å². The molecule has 2 amide bonds. The number of aromatic nitrogens is 2. The van der Waals surface area contributed by atoms with E-state index in [0.29, 0.717) is 12.5 Å². The maximum Gasteiger partial charge on any atom is 0.242 e. The lowest BCUT2D eigenvalue weighted by Crippen LogP contribution is -2.49. The second kappa shape index (κ2) is 9.09. The molecule has 3 heterocycles. The van der Waals surface area contributed by atoms with Crippen LogP contribution in [-0.4, -0.2) is 39.8 Å². The zero-order chi connectivity index (χ0) is 20.9. The minimum atomic E-state index is -0.593. The van der Waals surface area contributed by atoms with Gasteiger partial charge in [0.25, 0.3) is 0 Å². The molecule has 156 valence electrons. The predicted molar refractivity (Wildman–Crippen MR) is 115 cm³/mol. The monoisotopic (exact) mass is 405 g/mol. The van der Waals surface area contributed by atoms with Crippen LogP contribution in [-0.2, 0) is 22.6 Å². The number of benzene rings is 1. The minimum absolute atomic E-state index is 0.118. The number of nitrogens with zero attached hydrogens (tertiary/aromatic N) is 2. The minimum Gasteiger partial charge on any atom is -0.350 e. The van der Waals surface area contributed by atoms with E-state index in [-0.39, 0.29) is 17.9 Å². The second-order valence-corrected chi connectivity index (χ2v) is 7.93. The van der Waals surface area contributed by atoms with Crippen LogP contribution in [0.25, 0.3) is 5.65 Å². The Bertz CT molecular complexity index is 1020. The summed E-state index contributed by atoms with van der Waals surface area (Å²) in [6.07, 6.45) is 7.26. The molecule has 0 saturated carbocycles. The van der Waals surface area contributed by atoms with Crippen molar-refractivity contribution in [1.29, 1.82) is 0 Å². The Hall–Kier alpha value is -3.19. The highest BCUT2D eigenvalue weighted by atomic mass is 16.2. The zero-order valence-corrected chi connectivity index (χ0v) is 17.0. The van der Waals surface area contributed by atoms with Gasteiger partial charge in [-0.05, 0) is 49.4 Å². The summed E-state index contributed by atoms with van der Waals surface area (Å²) in [6.45, 7) is 2.92. The van der Waals surface area contributed by atoms with Gasteiger partial charge in [0.1, 0.15) is 11.7 Å². The molecule has 1 saturated heterocycles. The van der Waals surface area contributed by atoms with Gasteiger partial charge in [0.2, 0.25) is 11.8 Å². The summed E-state index contributed by atoms with van der Waals surface area (Å²) < 4.78 is 1.91. The van der Waals surface area contributed by atoms with Crippen molar-refractivity contribution < 1.29 is 9.59 Å². The van der Waals surface area contributed by atoms with E-state index in [1.165, 1.54) is 5.56 Å².